The third kappa shape index (κ3) is 5.94. The molecule has 0 fully saturated rings. The van der Waals surface area contributed by atoms with E-state index in [-0.39, 0.29) is 17.9 Å². The van der Waals surface area contributed by atoms with Crippen molar-refractivity contribution in [2.75, 3.05) is 13.1 Å². The highest BCUT2D eigenvalue weighted by Crippen LogP contribution is 2.00. The lowest BCUT2D eigenvalue weighted by Crippen LogP contribution is -2.35. The Morgan fingerprint density at radius 3 is 2.64 bits per heavy atom. The van der Waals surface area contributed by atoms with Gasteiger partial charge < -0.3 is 16.2 Å². The molecule has 2 unspecified atom stereocenters. The van der Waals surface area contributed by atoms with Gasteiger partial charge in [0.15, 0.2) is 0 Å². The van der Waals surface area contributed by atoms with Gasteiger partial charge in [-0.15, -0.1) is 0 Å². The van der Waals surface area contributed by atoms with E-state index in [4.69, 9.17) is 10.8 Å². The van der Waals surface area contributed by atoms with Crippen molar-refractivity contribution in [3.8, 4) is 0 Å². The highest BCUT2D eigenvalue weighted by Gasteiger charge is 2.13. The SMILES string of the molecule is CCC(CN)C(=O)NCCCC(C)O. The summed E-state index contributed by atoms with van der Waals surface area (Å²) in [5, 5.41) is 11.8. The fourth-order valence-electron chi connectivity index (χ4n) is 1.21. The molecule has 0 rings (SSSR count). The van der Waals surface area contributed by atoms with E-state index in [0.29, 0.717) is 13.1 Å². The number of hydrogen-bond acceptors (Lipinski definition) is 3. The summed E-state index contributed by atoms with van der Waals surface area (Å²) in [6.07, 6.45) is 2.02. The topological polar surface area (TPSA) is 75.4 Å². The Labute approximate surface area is 85.9 Å². The molecule has 0 heterocycles. The molecule has 0 aliphatic heterocycles. The molecule has 0 radical (unpaired) electrons. The first-order valence-corrected chi connectivity index (χ1v) is 5.27. The number of carbonyl (C=O) groups is 1. The molecule has 1 amide bonds. The molecule has 0 saturated heterocycles. The van der Waals surface area contributed by atoms with Crippen LogP contribution in [0.4, 0.5) is 0 Å². The van der Waals surface area contributed by atoms with E-state index in [9.17, 15) is 4.79 Å². The third-order valence-corrected chi connectivity index (χ3v) is 2.25. The molecule has 0 aromatic rings. The van der Waals surface area contributed by atoms with Crippen molar-refractivity contribution in [3.05, 3.63) is 0 Å². The number of hydrogen-bond donors (Lipinski definition) is 3. The van der Waals surface area contributed by atoms with Gasteiger partial charge in [0.25, 0.3) is 0 Å². The Kier molecular flexibility index (Phi) is 7.42. The van der Waals surface area contributed by atoms with Crippen LogP contribution < -0.4 is 11.1 Å². The number of nitrogens with one attached hydrogen (secondary N) is 1. The van der Waals surface area contributed by atoms with E-state index in [1.807, 2.05) is 6.92 Å². The van der Waals surface area contributed by atoms with E-state index in [2.05, 4.69) is 5.32 Å². The maximum absolute atomic E-state index is 11.4. The predicted molar refractivity (Wildman–Crippen MR) is 56.8 cm³/mol. The van der Waals surface area contributed by atoms with Crippen molar-refractivity contribution in [2.45, 2.75) is 39.2 Å². The summed E-state index contributed by atoms with van der Waals surface area (Å²) < 4.78 is 0. The lowest BCUT2D eigenvalue weighted by Gasteiger charge is -2.12. The quantitative estimate of drug-likeness (QED) is 0.518. The molecule has 4 heteroatoms. The summed E-state index contributed by atoms with van der Waals surface area (Å²) in [6.45, 7) is 4.72. The number of rotatable bonds is 7. The Bertz CT molecular complexity index is 156. The molecule has 0 spiro atoms. The van der Waals surface area contributed by atoms with Crippen LogP contribution in [0.3, 0.4) is 0 Å². The summed E-state index contributed by atoms with van der Waals surface area (Å²) in [5.41, 5.74) is 5.44. The molecule has 2 atom stereocenters. The van der Waals surface area contributed by atoms with Crippen LogP contribution in [0.1, 0.15) is 33.1 Å². The van der Waals surface area contributed by atoms with Gasteiger partial charge in [0.05, 0.1) is 6.10 Å². The second kappa shape index (κ2) is 7.76. The highest BCUT2D eigenvalue weighted by atomic mass is 16.3. The summed E-state index contributed by atoms with van der Waals surface area (Å²) in [5.74, 6) is -0.0397. The molecule has 0 aromatic heterocycles. The highest BCUT2D eigenvalue weighted by molar-refractivity contribution is 5.78. The monoisotopic (exact) mass is 202 g/mol. The number of aliphatic hydroxyl groups is 1. The smallest absolute Gasteiger partial charge is 0.224 e. The minimum atomic E-state index is -0.289. The van der Waals surface area contributed by atoms with Gasteiger partial charge >= 0.3 is 0 Å². The molecule has 4 nitrogen and oxygen atoms in total. The van der Waals surface area contributed by atoms with Crippen LogP contribution in [0.15, 0.2) is 0 Å². The first-order valence-electron chi connectivity index (χ1n) is 5.27. The molecule has 84 valence electrons. The Balaban J connectivity index is 3.52. The maximum Gasteiger partial charge on any atom is 0.224 e. The zero-order valence-electron chi connectivity index (χ0n) is 9.12. The summed E-state index contributed by atoms with van der Waals surface area (Å²) in [4.78, 5) is 11.4. The lowest BCUT2D eigenvalue weighted by molar-refractivity contribution is -0.124. The number of amides is 1. The van der Waals surface area contributed by atoms with Crippen LogP contribution in [-0.4, -0.2) is 30.2 Å². The van der Waals surface area contributed by atoms with Gasteiger partial charge in [0, 0.05) is 19.0 Å². The first-order chi connectivity index (χ1) is 6.61. The fraction of sp³-hybridized carbons (Fsp3) is 0.900. The zero-order valence-corrected chi connectivity index (χ0v) is 9.12. The van der Waals surface area contributed by atoms with Crippen molar-refractivity contribution in [3.63, 3.8) is 0 Å². The standard InChI is InChI=1S/C10H22N2O2/c1-3-9(7-11)10(14)12-6-4-5-8(2)13/h8-9,13H,3-7,11H2,1-2H3,(H,12,14). The van der Waals surface area contributed by atoms with Crippen LogP contribution in [-0.2, 0) is 4.79 Å². The van der Waals surface area contributed by atoms with Crippen LogP contribution in [0, 0.1) is 5.92 Å². The average molecular weight is 202 g/mol. The van der Waals surface area contributed by atoms with Crippen molar-refractivity contribution in [1.82, 2.24) is 5.32 Å². The Morgan fingerprint density at radius 1 is 1.57 bits per heavy atom. The fourth-order valence-corrected chi connectivity index (χ4v) is 1.21. The van der Waals surface area contributed by atoms with E-state index in [1.54, 1.807) is 6.92 Å². The van der Waals surface area contributed by atoms with Gasteiger partial charge in [-0.2, -0.15) is 0 Å². The van der Waals surface area contributed by atoms with Crippen molar-refractivity contribution >= 4 is 5.91 Å². The van der Waals surface area contributed by atoms with Crippen LogP contribution in [0.25, 0.3) is 0 Å². The van der Waals surface area contributed by atoms with Crippen molar-refractivity contribution in [2.24, 2.45) is 11.7 Å². The van der Waals surface area contributed by atoms with Gasteiger partial charge in [-0.25, -0.2) is 0 Å². The van der Waals surface area contributed by atoms with Crippen molar-refractivity contribution in [1.29, 1.82) is 0 Å². The first kappa shape index (κ1) is 13.4. The second-order valence-electron chi connectivity index (χ2n) is 3.62. The maximum atomic E-state index is 11.4. The summed E-state index contributed by atoms with van der Waals surface area (Å²) >= 11 is 0. The van der Waals surface area contributed by atoms with E-state index < -0.39 is 0 Å². The third-order valence-electron chi connectivity index (χ3n) is 2.25. The molecular formula is C10H22N2O2. The number of nitrogens with two attached hydrogens (primary N) is 1. The second-order valence-corrected chi connectivity index (χ2v) is 3.62. The lowest BCUT2D eigenvalue weighted by atomic mass is 10.1. The van der Waals surface area contributed by atoms with Gasteiger partial charge in [-0.3, -0.25) is 4.79 Å². The van der Waals surface area contributed by atoms with Gasteiger partial charge in [0.1, 0.15) is 0 Å². The van der Waals surface area contributed by atoms with Crippen LogP contribution in [0.2, 0.25) is 0 Å². The summed E-state index contributed by atoms with van der Waals surface area (Å²) in [7, 11) is 0. The molecular weight excluding hydrogens is 180 g/mol. The number of carbonyl (C=O) groups excluding carboxylic acids is 1. The molecule has 0 aromatic carbocycles. The van der Waals surface area contributed by atoms with E-state index in [0.717, 1.165) is 19.3 Å². The molecule has 0 aliphatic carbocycles. The van der Waals surface area contributed by atoms with Gasteiger partial charge in [0.2, 0.25) is 5.91 Å². The normalized spacial score (nSPS) is 14.9. The van der Waals surface area contributed by atoms with E-state index >= 15 is 0 Å². The molecule has 0 saturated carbocycles. The van der Waals surface area contributed by atoms with Crippen molar-refractivity contribution < 1.29 is 9.90 Å². The Hall–Kier alpha value is -0.610. The largest absolute Gasteiger partial charge is 0.393 e. The van der Waals surface area contributed by atoms with Gasteiger partial charge in [-0.05, 0) is 26.2 Å². The molecule has 14 heavy (non-hydrogen) atoms. The zero-order chi connectivity index (χ0) is 11.0. The molecule has 0 bridgehead atoms. The molecule has 0 aliphatic rings. The average Bonchev–Trinajstić information content (AvgIpc) is 2.14. The Morgan fingerprint density at radius 2 is 2.21 bits per heavy atom. The van der Waals surface area contributed by atoms with Crippen LogP contribution in [0.5, 0.6) is 0 Å². The number of aliphatic hydroxyl groups excluding tert-OH is 1. The predicted octanol–water partition coefficient (Wildman–Crippen LogP) is 0.249. The summed E-state index contributed by atoms with van der Waals surface area (Å²) in [6, 6.07) is 0. The molecule has 4 N–H and O–H groups in total. The van der Waals surface area contributed by atoms with Crippen LogP contribution >= 0.6 is 0 Å². The van der Waals surface area contributed by atoms with Gasteiger partial charge in [-0.1, -0.05) is 6.92 Å². The van der Waals surface area contributed by atoms with E-state index in [1.165, 1.54) is 0 Å². The minimum absolute atomic E-state index is 0.0283. The minimum Gasteiger partial charge on any atom is -0.393 e.